The molecule has 2 aromatic heterocycles. The first kappa shape index (κ1) is 19.6. The van der Waals surface area contributed by atoms with Gasteiger partial charge >= 0.3 is 6.18 Å². The summed E-state index contributed by atoms with van der Waals surface area (Å²) in [5.74, 6) is 0.129. The predicted molar refractivity (Wildman–Crippen MR) is 103 cm³/mol. The monoisotopic (exact) mass is 404 g/mol. The van der Waals surface area contributed by atoms with E-state index in [-0.39, 0.29) is 11.6 Å². The van der Waals surface area contributed by atoms with Crippen molar-refractivity contribution >= 4 is 11.6 Å². The Kier molecular flexibility index (Phi) is 5.66. The highest BCUT2D eigenvalue weighted by Gasteiger charge is 2.34. The summed E-state index contributed by atoms with van der Waals surface area (Å²) in [7, 11) is 0. The molecule has 0 saturated carbocycles. The van der Waals surface area contributed by atoms with Gasteiger partial charge < -0.3 is 5.32 Å². The lowest BCUT2D eigenvalue weighted by atomic mass is 10.1. The fourth-order valence-corrected chi connectivity index (χ4v) is 3.69. The maximum Gasteiger partial charge on any atom is 0.433 e. The van der Waals surface area contributed by atoms with Crippen molar-refractivity contribution in [3.05, 3.63) is 53.5 Å². The molecule has 4 rings (SSSR count). The van der Waals surface area contributed by atoms with E-state index in [2.05, 4.69) is 31.3 Å². The number of hydrogen-bond donors (Lipinski definition) is 1. The summed E-state index contributed by atoms with van der Waals surface area (Å²) < 4.78 is 40.8. The zero-order chi connectivity index (χ0) is 20.3. The third-order valence-corrected chi connectivity index (χ3v) is 5.21. The molecule has 0 radical (unpaired) electrons. The number of benzene rings is 1. The van der Waals surface area contributed by atoms with E-state index in [0.29, 0.717) is 6.54 Å². The summed E-state index contributed by atoms with van der Waals surface area (Å²) in [6.07, 6.45) is 1.62. The Labute approximate surface area is 166 Å². The lowest BCUT2D eigenvalue weighted by molar-refractivity contribution is -0.141. The number of halogens is 3. The number of rotatable bonds is 5. The van der Waals surface area contributed by atoms with Gasteiger partial charge in [0.1, 0.15) is 12.1 Å². The molecule has 1 fully saturated rings. The Morgan fingerprint density at radius 2 is 1.72 bits per heavy atom. The molecule has 0 spiro atoms. The largest absolute Gasteiger partial charge is 0.433 e. The molecule has 29 heavy (non-hydrogen) atoms. The maximum atomic E-state index is 13.2. The van der Waals surface area contributed by atoms with Crippen LogP contribution in [0.1, 0.15) is 42.5 Å². The van der Waals surface area contributed by atoms with Gasteiger partial charge in [0.2, 0.25) is 0 Å². The number of nitrogens with zero attached hydrogens (tertiary/aromatic N) is 5. The molecule has 1 saturated heterocycles. The highest BCUT2D eigenvalue weighted by Crippen LogP contribution is 2.29. The van der Waals surface area contributed by atoms with E-state index in [0.717, 1.165) is 31.3 Å². The van der Waals surface area contributed by atoms with Crippen LogP contribution in [0.2, 0.25) is 0 Å². The first-order valence-electron chi connectivity index (χ1n) is 9.82. The van der Waals surface area contributed by atoms with E-state index in [1.54, 1.807) is 0 Å². The number of anilines is 1. The van der Waals surface area contributed by atoms with Crippen molar-refractivity contribution < 1.29 is 13.2 Å². The zero-order valence-corrected chi connectivity index (χ0v) is 16.0. The van der Waals surface area contributed by atoms with Crippen LogP contribution in [0.4, 0.5) is 19.0 Å². The molecule has 3 aromatic rings. The van der Waals surface area contributed by atoms with Crippen LogP contribution < -0.4 is 5.32 Å². The minimum Gasteiger partial charge on any atom is -0.366 e. The molecule has 1 aliphatic rings. The molecular weight excluding hydrogens is 381 g/mol. The van der Waals surface area contributed by atoms with Crippen molar-refractivity contribution in [3.8, 4) is 0 Å². The van der Waals surface area contributed by atoms with Gasteiger partial charge in [0.05, 0.1) is 0 Å². The summed E-state index contributed by atoms with van der Waals surface area (Å²) in [5.41, 5.74) is 1.25. The summed E-state index contributed by atoms with van der Waals surface area (Å²) in [6.45, 7) is 3.41. The van der Waals surface area contributed by atoms with Crippen LogP contribution in [0.5, 0.6) is 0 Å². The minimum absolute atomic E-state index is 0.0832. The van der Waals surface area contributed by atoms with Crippen molar-refractivity contribution in [2.45, 2.75) is 44.9 Å². The fourth-order valence-electron chi connectivity index (χ4n) is 3.69. The number of fused-ring (bicyclic) bond motifs is 1. The van der Waals surface area contributed by atoms with Crippen LogP contribution in [-0.4, -0.2) is 37.6 Å². The van der Waals surface area contributed by atoms with Crippen molar-refractivity contribution in [1.82, 2.24) is 24.5 Å². The van der Waals surface area contributed by atoms with Crippen molar-refractivity contribution in [3.63, 3.8) is 0 Å². The van der Waals surface area contributed by atoms with Gasteiger partial charge in [0.25, 0.3) is 5.78 Å². The number of aromatic nitrogens is 4. The molecule has 1 aliphatic heterocycles. The van der Waals surface area contributed by atoms with Gasteiger partial charge in [0.15, 0.2) is 5.69 Å². The fraction of sp³-hybridized carbons (Fsp3) is 0.450. The van der Waals surface area contributed by atoms with E-state index < -0.39 is 11.9 Å². The highest BCUT2D eigenvalue weighted by atomic mass is 19.4. The smallest absolute Gasteiger partial charge is 0.366 e. The van der Waals surface area contributed by atoms with Gasteiger partial charge in [-0.15, -0.1) is 0 Å². The number of hydrogen-bond acceptors (Lipinski definition) is 5. The molecular formula is C20H23F3N6. The second kappa shape index (κ2) is 8.36. The van der Waals surface area contributed by atoms with Crippen LogP contribution in [0, 0.1) is 0 Å². The van der Waals surface area contributed by atoms with Crippen LogP contribution in [0.3, 0.4) is 0 Å². The standard InChI is InChI=1S/C20H23F3N6/c21-20(22,23)17-11-18(29-19(27-17)25-14-26-29)24-12-15-7-3-4-8-16(15)13-28-9-5-1-2-6-10-28/h3-4,7-8,11,14,24H,1-2,5-6,9-10,12-13H2. The lowest BCUT2D eigenvalue weighted by Gasteiger charge is -2.22. The molecule has 1 N–H and O–H groups in total. The van der Waals surface area contributed by atoms with Crippen LogP contribution in [0.25, 0.3) is 5.78 Å². The number of likely N-dealkylation sites (tertiary alicyclic amines) is 1. The molecule has 3 heterocycles. The number of nitrogens with one attached hydrogen (secondary N) is 1. The van der Waals surface area contributed by atoms with Crippen LogP contribution in [0.15, 0.2) is 36.7 Å². The number of alkyl halides is 3. The third kappa shape index (κ3) is 4.67. The van der Waals surface area contributed by atoms with Crippen molar-refractivity contribution in [1.29, 1.82) is 0 Å². The topological polar surface area (TPSA) is 58.4 Å². The SMILES string of the molecule is FC(F)(F)c1cc(NCc2ccccc2CN2CCCCCC2)n2ncnc2n1. The summed E-state index contributed by atoms with van der Waals surface area (Å²) in [5, 5.41) is 7.08. The van der Waals surface area contributed by atoms with Gasteiger partial charge in [-0.2, -0.15) is 27.8 Å². The molecule has 1 aromatic carbocycles. The van der Waals surface area contributed by atoms with E-state index in [1.165, 1.54) is 42.1 Å². The summed E-state index contributed by atoms with van der Waals surface area (Å²) in [4.78, 5) is 9.80. The van der Waals surface area contributed by atoms with E-state index in [4.69, 9.17) is 0 Å². The molecule has 0 bridgehead atoms. The Morgan fingerprint density at radius 3 is 2.45 bits per heavy atom. The zero-order valence-electron chi connectivity index (χ0n) is 16.0. The van der Waals surface area contributed by atoms with Gasteiger partial charge in [-0.05, 0) is 37.1 Å². The molecule has 0 amide bonds. The maximum absolute atomic E-state index is 13.2. The normalized spacial score (nSPS) is 16.1. The van der Waals surface area contributed by atoms with Gasteiger partial charge in [-0.25, -0.2) is 4.98 Å². The average Bonchev–Trinajstić information content (AvgIpc) is 3.03. The predicted octanol–water partition coefficient (Wildman–Crippen LogP) is 4.13. The Balaban J connectivity index is 1.54. The van der Waals surface area contributed by atoms with E-state index in [9.17, 15) is 13.2 Å². The lowest BCUT2D eigenvalue weighted by Crippen LogP contribution is -2.24. The molecule has 0 aliphatic carbocycles. The second-order valence-corrected chi connectivity index (χ2v) is 7.31. The first-order valence-corrected chi connectivity index (χ1v) is 9.82. The van der Waals surface area contributed by atoms with Crippen molar-refractivity contribution in [2.24, 2.45) is 0 Å². The Hall–Kier alpha value is -2.68. The Morgan fingerprint density at radius 1 is 1.00 bits per heavy atom. The molecule has 0 unspecified atom stereocenters. The molecule has 0 atom stereocenters. The van der Waals surface area contributed by atoms with Gasteiger partial charge in [-0.3, -0.25) is 4.90 Å². The molecule has 6 nitrogen and oxygen atoms in total. The quantitative estimate of drug-likeness (QED) is 0.693. The Bertz CT molecular complexity index is 960. The van der Waals surface area contributed by atoms with Crippen LogP contribution in [-0.2, 0) is 19.3 Å². The van der Waals surface area contributed by atoms with Gasteiger partial charge in [-0.1, -0.05) is 37.1 Å². The summed E-state index contributed by atoms with van der Waals surface area (Å²) >= 11 is 0. The van der Waals surface area contributed by atoms with Gasteiger partial charge in [0, 0.05) is 19.2 Å². The molecule has 154 valence electrons. The van der Waals surface area contributed by atoms with Crippen molar-refractivity contribution in [2.75, 3.05) is 18.4 Å². The third-order valence-electron chi connectivity index (χ3n) is 5.21. The average molecular weight is 404 g/mol. The highest BCUT2D eigenvalue weighted by molar-refractivity contribution is 5.46. The summed E-state index contributed by atoms with van der Waals surface area (Å²) in [6, 6.07) is 9.01. The second-order valence-electron chi connectivity index (χ2n) is 7.31. The molecule has 9 heteroatoms. The van der Waals surface area contributed by atoms with Crippen LogP contribution >= 0.6 is 0 Å². The van der Waals surface area contributed by atoms with E-state index >= 15 is 0 Å². The minimum atomic E-state index is -4.55. The van der Waals surface area contributed by atoms with E-state index in [1.807, 2.05) is 18.2 Å². The first-order chi connectivity index (χ1) is 14.0.